The number of ether oxygens (including phenoxy) is 2. The van der Waals surface area contributed by atoms with Gasteiger partial charge in [-0.25, -0.2) is 0 Å². The van der Waals surface area contributed by atoms with Gasteiger partial charge in [0.25, 0.3) is 0 Å². The summed E-state index contributed by atoms with van der Waals surface area (Å²) in [4.78, 5) is 4.80. The van der Waals surface area contributed by atoms with Crippen LogP contribution in [0.3, 0.4) is 0 Å². The fraction of sp³-hybridized carbons (Fsp3) is 0.270. The van der Waals surface area contributed by atoms with E-state index in [0.29, 0.717) is 25.0 Å². The molecular weight excluding hydrogens is 631 g/mol. The lowest BCUT2D eigenvalue weighted by Gasteiger charge is -2.37. The van der Waals surface area contributed by atoms with Crippen molar-refractivity contribution in [3.63, 3.8) is 0 Å². The third-order valence-corrected chi connectivity index (χ3v) is 8.93. The molecule has 1 aliphatic heterocycles. The summed E-state index contributed by atoms with van der Waals surface area (Å²) in [6, 6.07) is 26.3. The summed E-state index contributed by atoms with van der Waals surface area (Å²) in [5.41, 5.74) is 10.8. The largest absolute Gasteiger partial charge is 0.490 e. The van der Waals surface area contributed by atoms with Crippen molar-refractivity contribution < 1.29 is 9.47 Å². The molecule has 4 aromatic carbocycles. The van der Waals surface area contributed by atoms with Gasteiger partial charge in [-0.05, 0) is 115 Å². The highest BCUT2D eigenvalue weighted by Crippen LogP contribution is 2.50. The second-order valence-electron chi connectivity index (χ2n) is 11.5. The molecule has 1 N–H and O–H groups in total. The Hall–Kier alpha value is -3.58. The van der Waals surface area contributed by atoms with Crippen LogP contribution in [0.1, 0.15) is 64.2 Å². The molecule has 2 aliphatic rings. The van der Waals surface area contributed by atoms with Crippen LogP contribution in [-0.4, -0.2) is 12.8 Å². The van der Waals surface area contributed by atoms with Gasteiger partial charge in [0.05, 0.1) is 21.9 Å². The van der Waals surface area contributed by atoms with Crippen molar-refractivity contribution in [3.05, 3.63) is 127 Å². The molecule has 5 heteroatoms. The Kier molecular flexibility index (Phi) is 8.38. The third-order valence-electron chi connectivity index (χ3n) is 8.13. The second-order valence-corrected chi connectivity index (χ2v) is 12.6. The van der Waals surface area contributed by atoms with Crippen LogP contribution >= 0.6 is 22.6 Å². The molecule has 214 valence electrons. The molecule has 1 heterocycles. The molecule has 6 rings (SSSR count). The predicted molar refractivity (Wildman–Crippen MR) is 182 cm³/mol. The summed E-state index contributed by atoms with van der Waals surface area (Å²) in [6.07, 6.45) is 7.74. The molecule has 4 aromatic rings. The number of hydrogen-bond acceptors (Lipinski definition) is 4. The summed E-state index contributed by atoms with van der Waals surface area (Å²) < 4.78 is 13.3. The zero-order chi connectivity index (χ0) is 29.2. The summed E-state index contributed by atoms with van der Waals surface area (Å²) in [6.45, 7) is 9.46. The highest BCUT2D eigenvalue weighted by molar-refractivity contribution is 14.1. The first-order chi connectivity index (χ1) is 20.4. The van der Waals surface area contributed by atoms with Crippen LogP contribution in [0.15, 0.2) is 89.9 Å². The third kappa shape index (κ3) is 6.12. The van der Waals surface area contributed by atoms with Crippen molar-refractivity contribution >= 4 is 40.2 Å². The number of anilines is 1. The first-order valence-electron chi connectivity index (χ1n) is 14.7. The smallest absolute Gasteiger partial charge is 0.175 e. The monoisotopic (exact) mass is 668 g/mol. The summed E-state index contributed by atoms with van der Waals surface area (Å²) in [5, 5.41) is 3.84. The molecule has 0 saturated heterocycles. The Bertz CT molecular complexity index is 1640. The Morgan fingerprint density at radius 1 is 0.905 bits per heavy atom. The molecule has 0 amide bonds. The zero-order valence-corrected chi connectivity index (χ0v) is 26.8. The number of rotatable bonds is 8. The average molecular weight is 669 g/mol. The fourth-order valence-corrected chi connectivity index (χ4v) is 7.12. The number of nitrogens with zero attached hydrogens (tertiary/aromatic N) is 1. The first kappa shape index (κ1) is 28.5. The Labute approximate surface area is 263 Å². The van der Waals surface area contributed by atoms with Gasteiger partial charge in [-0.1, -0.05) is 71.3 Å². The summed E-state index contributed by atoms with van der Waals surface area (Å²) >= 11 is 2.33. The van der Waals surface area contributed by atoms with E-state index in [1.165, 1.54) is 33.5 Å². The van der Waals surface area contributed by atoms with Crippen LogP contribution in [0.4, 0.5) is 11.4 Å². The highest BCUT2D eigenvalue weighted by atomic mass is 127. The SMILES string of the molecule is CCOc1cc(C=Nc2ccc([C@@H]3Nc4ccc(C)cc4[C@@H]4C=CC[C@H]43)cc2)cc(I)c1OCc1cc(C)cc(C)c1. The molecule has 4 nitrogen and oxygen atoms in total. The van der Waals surface area contributed by atoms with Gasteiger partial charge in [-0.15, -0.1) is 0 Å². The molecule has 0 aromatic heterocycles. The number of halogens is 1. The molecule has 42 heavy (non-hydrogen) atoms. The van der Waals surface area contributed by atoms with E-state index in [9.17, 15) is 0 Å². The van der Waals surface area contributed by atoms with Gasteiger partial charge in [-0.3, -0.25) is 4.99 Å². The Morgan fingerprint density at radius 2 is 1.69 bits per heavy atom. The van der Waals surface area contributed by atoms with Crippen molar-refractivity contribution in [2.75, 3.05) is 11.9 Å². The number of benzene rings is 4. The molecule has 3 atom stereocenters. The molecule has 0 saturated carbocycles. The number of hydrogen-bond donors (Lipinski definition) is 1. The van der Waals surface area contributed by atoms with Crippen molar-refractivity contribution in [2.45, 2.75) is 52.7 Å². The Morgan fingerprint density at radius 3 is 2.45 bits per heavy atom. The van der Waals surface area contributed by atoms with Gasteiger partial charge >= 0.3 is 0 Å². The number of aryl methyl sites for hydroxylation is 3. The molecule has 0 spiro atoms. The Balaban J connectivity index is 1.18. The van der Waals surface area contributed by atoms with Crippen molar-refractivity contribution in [1.29, 1.82) is 0 Å². The van der Waals surface area contributed by atoms with Gasteiger partial charge < -0.3 is 14.8 Å². The van der Waals surface area contributed by atoms with E-state index < -0.39 is 0 Å². The lowest BCUT2D eigenvalue weighted by Crippen LogP contribution is -2.29. The maximum absolute atomic E-state index is 6.28. The average Bonchev–Trinajstić information content (AvgIpc) is 3.46. The van der Waals surface area contributed by atoms with Crippen LogP contribution < -0.4 is 14.8 Å². The van der Waals surface area contributed by atoms with E-state index in [2.05, 4.69) is 128 Å². The number of allylic oxidation sites excluding steroid dienone is 2. The minimum atomic E-state index is 0.282. The zero-order valence-electron chi connectivity index (χ0n) is 24.7. The lowest BCUT2D eigenvalue weighted by molar-refractivity contribution is 0.267. The highest BCUT2D eigenvalue weighted by Gasteiger charge is 2.37. The van der Waals surface area contributed by atoms with E-state index >= 15 is 0 Å². The number of aliphatic imine (C=N–C) groups is 1. The molecule has 1 aliphatic carbocycles. The van der Waals surface area contributed by atoms with Gasteiger partial charge in [0.2, 0.25) is 0 Å². The van der Waals surface area contributed by atoms with Crippen LogP contribution in [0, 0.1) is 30.3 Å². The van der Waals surface area contributed by atoms with Crippen molar-refractivity contribution in [3.8, 4) is 11.5 Å². The first-order valence-corrected chi connectivity index (χ1v) is 15.8. The van der Waals surface area contributed by atoms with E-state index in [1.54, 1.807) is 0 Å². The van der Waals surface area contributed by atoms with E-state index in [0.717, 1.165) is 38.3 Å². The van der Waals surface area contributed by atoms with Gasteiger partial charge in [-0.2, -0.15) is 0 Å². The van der Waals surface area contributed by atoms with Gasteiger partial charge in [0.15, 0.2) is 11.5 Å². The predicted octanol–water partition coefficient (Wildman–Crippen LogP) is 9.77. The van der Waals surface area contributed by atoms with Crippen LogP contribution in [-0.2, 0) is 6.61 Å². The second kappa shape index (κ2) is 12.3. The lowest BCUT2D eigenvalue weighted by atomic mass is 9.76. The van der Waals surface area contributed by atoms with E-state index in [1.807, 2.05) is 19.2 Å². The van der Waals surface area contributed by atoms with Crippen LogP contribution in [0.5, 0.6) is 11.5 Å². The van der Waals surface area contributed by atoms with Crippen molar-refractivity contribution in [1.82, 2.24) is 0 Å². The van der Waals surface area contributed by atoms with Crippen LogP contribution in [0.2, 0.25) is 0 Å². The summed E-state index contributed by atoms with van der Waals surface area (Å²) in [5.74, 6) is 2.51. The maximum atomic E-state index is 6.28. The van der Waals surface area contributed by atoms with Crippen LogP contribution in [0.25, 0.3) is 0 Å². The normalized spacial score (nSPS) is 18.9. The minimum Gasteiger partial charge on any atom is -0.490 e. The van der Waals surface area contributed by atoms with E-state index in [4.69, 9.17) is 14.5 Å². The molecule has 0 bridgehead atoms. The fourth-order valence-electron chi connectivity index (χ4n) is 6.33. The minimum absolute atomic E-state index is 0.282. The molecule has 0 fully saturated rings. The topological polar surface area (TPSA) is 42.8 Å². The molecular formula is C37H37IN2O2. The standard InChI is InChI=1S/C37H37IN2O2/c1-5-41-35-20-26(19-33(38)37(35)42-22-27-16-24(3)15-25(4)17-27)21-39-29-12-10-28(11-13-29)36-31-8-6-7-30(31)32-18-23(2)9-14-34(32)40-36/h6-7,9-21,30-31,36,40H,5,8,22H2,1-4H3/t30-,31-,36+/m1/s1. The molecule has 0 unspecified atom stereocenters. The van der Waals surface area contributed by atoms with Gasteiger partial charge in [0, 0.05) is 17.8 Å². The number of nitrogens with one attached hydrogen (secondary N) is 1. The van der Waals surface area contributed by atoms with E-state index in [-0.39, 0.29) is 6.04 Å². The van der Waals surface area contributed by atoms with Crippen molar-refractivity contribution in [2.24, 2.45) is 10.9 Å². The molecule has 0 radical (unpaired) electrons. The number of fused-ring (bicyclic) bond motifs is 3. The summed E-state index contributed by atoms with van der Waals surface area (Å²) in [7, 11) is 0. The van der Waals surface area contributed by atoms with Gasteiger partial charge in [0.1, 0.15) is 6.61 Å². The quantitative estimate of drug-likeness (QED) is 0.116. The maximum Gasteiger partial charge on any atom is 0.175 e.